The topological polar surface area (TPSA) is 83.1 Å². The highest BCUT2D eigenvalue weighted by molar-refractivity contribution is 8.00. The molecule has 150 valence electrons. The van der Waals surface area contributed by atoms with Gasteiger partial charge in [0, 0.05) is 32.0 Å². The zero-order valence-electron chi connectivity index (χ0n) is 16.3. The third-order valence-corrected chi connectivity index (χ3v) is 9.18. The number of aryl methyl sites for hydroxylation is 1. The number of nitrogens with two attached hydrogens (primary N) is 1. The molecule has 0 saturated carbocycles. The molecule has 1 amide bonds. The lowest BCUT2D eigenvalue weighted by molar-refractivity contribution is -0.714. The van der Waals surface area contributed by atoms with Gasteiger partial charge < -0.3 is 10.6 Å². The molecule has 2 saturated heterocycles. The van der Waals surface area contributed by atoms with Crippen LogP contribution in [-0.4, -0.2) is 54.4 Å². The molecule has 8 heteroatoms. The minimum Gasteiger partial charge on any atom is -0.348 e. The summed E-state index contributed by atoms with van der Waals surface area (Å²) in [5.41, 5.74) is 1.05. The van der Waals surface area contributed by atoms with Gasteiger partial charge in [0.1, 0.15) is 4.87 Å². The Kier molecular flexibility index (Phi) is 6.20. The fourth-order valence-corrected chi connectivity index (χ4v) is 6.53. The van der Waals surface area contributed by atoms with E-state index in [0.29, 0.717) is 18.0 Å². The van der Waals surface area contributed by atoms with E-state index in [1.807, 2.05) is 37.7 Å². The van der Waals surface area contributed by atoms with Crippen molar-refractivity contribution < 1.29 is 18.5 Å². The van der Waals surface area contributed by atoms with Crippen molar-refractivity contribution in [2.75, 3.05) is 18.8 Å². The quantitative estimate of drug-likeness (QED) is 0.758. The van der Waals surface area contributed by atoms with Gasteiger partial charge >= 0.3 is 0 Å². The van der Waals surface area contributed by atoms with E-state index in [1.165, 1.54) is 0 Å². The number of sulfonamides is 1. The Hall–Kier alpha value is -1.09. The number of hydrogen-bond acceptors (Lipinski definition) is 4. The normalized spacial score (nSPS) is 24.0. The number of rotatable bonds is 5. The predicted molar refractivity (Wildman–Crippen MR) is 108 cm³/mol. The van der Waals surface area contributed by atoms with Crippen LogP contribution in [0.2, 0.25) is 0 Å². The van der Waals surface area contributed by atoms with Gasteiger partial charge in [-0.1, -0.05) is 36.4 Å². The first-order valence-electron chi connectivity index (χ1n) is 9.63. The number of benzene rings is 1. The van der Waals surface area contributed by atoms with Gasteiger partial charge in [-0.2, -0.15) is 4.31 Å². The van der Waals surface area contributed by atoms with Gasteiger partial charge in [-0.05, 0) is 32.4 Å². The van der Waals surface area contributed by atoms with Crippen LogP contribution in [-0.2, 0) is 14.8 Å². The highest BCUT2D eigenvalue weighted by Gasteiger charge is 2.49. The zero-order chi connectivity index (χ0) is 19.7. The van der Waals surface area contributed by atoms with E-state index in [0.717, 1.165) is 30.6 Å². The van der Waals surface area contributed by atoms with Crippen LogP contribution >= 0.6 is 11.8 Å². The van der Waals surface area contributed by atoms with Crippen molar-refractivity contribution in [1.29, 1.82) is 0 Å². The molecule has 1 aromatic carbocycles. The number of nitrogens with one attached hydrogen (secondary N) is 1. The number of piperidine rings is 1. The van der Waals surface area contributed by atoms with Crippen LogP contribution in [0, 0.1) is 6.92 Å². The molecular weight excluding hydrogens is 382 g/mol. The fourth-order valence-electron chi connectivity index (χ4n) is 3.60. The Morgan fingerprint density at radius 1 is 1.33 bits per heavy atom. The van der Waals surface area contributed by atoms with Crippen LogP contribution in [0.1, 0.15) is 38.7 Å². The summed E-state index contributed by atoms with van der Waals surface area (Å²) in [7, 11) is -3.44. The summed E-state index contributed by atoms with van der Waals surface area (Å²) in [5.74, 6) is 0.885. The predicted octanol–water partition coefficient (Wildman–Crippen LogP) is 1.07. The van der Waals surface area contributed by atoms with Crippen molar-refractivity contribution in [2.24, 2.45) is 0 Å². The number of thioether (sulfide) groups is 1. The standard InChI is InChI=1S/C19H29N3O3S2/c1-4-15(3)20-18(23)17-13-26-19(21-17)9-11-22(12-10-19)27(24,25)16-7-5-14(2)6-8-16/h5-8,15,17,21H,4,9-13H2,1-3H3,(H,20,23)/p+1/t15-,17+/m0/s1. The minimum atomic E-state index is -3.44. The van der Waals surface area contributed by atoms with E-state index in [1.54, 1.807) is 16.4 Å². The smallest absolute Gasteiger partial charge is 0.279 e. The van der Waals surface area contributed by atoms with E-state index in [9.17, 15) is 13.2 Å². The summed E-state index contributed by atoms with van der Waals surface area (Å²) in [4.78, 5) is 12.7. The third-order valence-electron chi connectivity index (χ3n) is 5.62. The molecule has 0 bridgehead atoms. The van der Waals surface area contributed by atoms with Crippen LogP contribution in [0.25, 0.3) is 0 Å². The first kappa shape index (κ1) is 20.6. The number of amides is 1. The lowest BCUT2D eigenvalue weighted by atomic mass is 10.0. The average Bonchev–Trinajstić information content (AvgIpc) is 3.06. The molecule has 1 spiro atoms. The van der Waals surface area contributed by atoms with Gasteiger partial charge in [-0.25, -0.2) is 8.42 Å². The summed E-state index contributed by atoms with van der Waals surface area (Å²) in [6.07, 6.45) is 2.44. The number of carbonyl (C=O) groups is 1. The Balaban J connectivity index is 1.60. The first-order valence-corrected chi connectivity index (χ1v) is 12.1. The lowest BCUT2D eigenvalue weighted by Crippen LogP contribution is -3.00. The zero-order valence-corrected chi connectivity index (χ0v) is 17.9. The summed E-state index contributed by atoms with van der Waals surface area (Å²) in [5, 5.41) is 5.23. The van der Waals surface area contributed by atoms with Crippen LogP contribution in [0.5, 0.6) is 0 Å². The summed E-state index contributed by atoms with van der Waals surface area (Å²) >= 11 is 1.81. The molecule has 2 aliphatic heterocycles. The SMILES string of the molecule is CC[C@H](C)NC(=O)[C@H]1CSC2(CCN(S(=O)(=O)c3ccc(C)cc3)CC2)[NH2+]1. The summed E-state index contributed by atoms with van der Waals surface area (Å²) in [6.45, 7) is 7.02. The van der Waals surface area contributed by atoms with Crippen molar-refractivity contribution >= 4 is 27.7 Å². The van der Waals surface area contributed by atoms with E-state index < -0.39 is 10.0 Å². The van der Waals surface area contributed by atoms with E-state index in [2.05, 4.69) is 17.6 Å². The Labute approximate surface area is 166 Å². The molecule has 1 aromatic rings. The first-order chi connectivity index (χ1) is 12.8. The maximum absolute atomic E-state index is 12.9. The van der Waals surface area contributed by atoms with E-state index in [4.69, 9.17) is 0 Å². The third kappa shape index (κ3) is 4.50. The Bertz CT molecular complexity index is 772. The molecule has 0 aromatic heterocycles. The highest BCUT2D eigenvalue weighted by atomic mass is 32.2. The minimum absolute atomic E-state index is 0.0727. The molecule has 0 unspecified atom stereocenters. The van der Waals surface area contributed by atoms with Crippen LogP contribution in [0.15, 0.2) is 29.2 Å². The molecule has 3 N–H and O–H groups in total. The number of quaternary nitrogens is 1. The molecule has 2 aliphatic rings. The van der Waals surface area contributed by atoms with Crippen molar-refractivity contribution in [3.05, 3.63) is 29.8 Å². The molecular formula is C19H30N3O3S2+. The van der Waals surface area contributed by atoms with Gasteiger partial charge in [0.25, 0.3) is 5.91 Å². The molecule has 0 aliphatic carbocycles. The van der Waals surface area contributed by atoms with Crippen molar-refractivity contribution in [3.8, 4) is 0 Å². The van der Waals surface area contributed by atoms with Crippen LogP contribution in [0.3, 0.4) is 0 Å². The lowest BCUT2D eigenvalue weighted by Gasteiger charge is -2.35. The van der Waals surface area contributed by atoms with E-state index >= 15 is 0 Å². The number of hydrogen-bond donors (Lipinski definition) is 2. The van der Waals surface area contributed by atoms with Gasteiger partial charge in [0.05, 0.1) is 10.6 Å². The van der Waals surface area contributed by atoms with Crippen molar-refractivity contribution in [3.63, 3.8) is 0 Å². The fraction of sp³-hybridized carbons (Fsp3) is 0.632. The van der Waals surface area contributed by atoms with E-state index in [-0.39, 0.29) is 22.9 Å². The molecule has 6 nitrogen and oxygen atoms in total. The second-order valence-corrected chi connectivity index (χ2v) is 11.1. The highest BCUT2D eigenvalue weighted by Crippen LogP contribution is 2.35. The molecule has 0 radical (unpaired) electrons. The maximum Gasteiger partial charge on any atom is 0.279 e. The molecule has 2 heterocycles. The van der Waals surface area contributed by atoms with Gasteiger partial charge in [-0.3, -0.25) is 4.79 Å². The second kappa shape index (κ2) is 8.11. The van der Waals surface area contributed by atoms with Gasteiger partial charge in [0.2, 0.25) is 10.0 Å². The largest absolute Gasteiger partial charge is 0.348 e. The van der Waals surface area contributed by atoms with Gasteiger partial charge in [0.15, 0.2) is 6.04 Å². The number of carbonyl (C=O) groups excluding carboxylic acids is 1. The molecule has 2 atom stereocenters. The van der Waals surface area contributed by atoms with Crippen molar-refractivity contribution in [1.82, 2.24) is 9.62 Å². The summed E-state index contributed by atoms with van der Waals surface area (Å²) < 4.78 is 27.3. The average molecular weight is 413 g/mol. The Morgan fingerprint density at radius 3 is 2.56 bits per heavy atom. The summed E-state index contributed by atoms with van der Waals surface area (Å²) in [6, 6.07) is 7.14. The van der Waals surface area contributed by atoms with Gasteiger partial charge in [-0.15, -0.1) is 0 Å². The second-order valence-electron chi connectivity index (χ2n) is 7.68. The maximum atomic E-state index is 12.9. The monoisotopic (exact) mass is 412 g/mol. The van der Waals surface area contributed by atoms with Crippen LogP contribution < -0.4 is 10.6 Å². The molecule has 3 rings (SSSR count). The number of nitrogens with zero attached hydrogens (tertiary/aromatic N) is 1. The van der Waals surface area contributed by atoms with Crippen LogP contribution in [0.4, 0.5) is 0 Å². The molecule has 27 heavy (non-hydrogen) atoms. The Morgan fingerprint density at radius 2 is 1.96 bits per heavy atom. The van der Waals surface area contributed by atoms with Crippen molar-refractivity contribution in [2.45, 2.75) is 61.9 Å². The molecule has 2 fully saturated rings.